The van der Waals surface area contributed by atoms with Gasteiger partial charge in [-0.05, 0) is 33.3 Å². The number of nitrogens with one attached hydrogen (secondary N) is 1. The number of rotatable bonds is 9. The van der Waals surface area contributed by atoms with Crippen molar-refractivity contribution < 1.29 is 35.1 Å². The number of sulfonamides is 1. The Balaban J connectivity index is 2.22. The molecule has 0 unspecified atom stereocenters. The summed E-state index contributed by atoms with van der Waals surface area (Å²) in [5.41, 5.74) is 0.658. The van der Waals surface area contributed by atoms with Crippen molar-refractivity contribution in [2.75, 3.05) is 17.6 Å². The summed E-state index contributed by atoms with van der Waals surface area (Å²) in [5.74, 6) is -0.735. The first-order valence-electron chi connectivity index (χ1n) is 10.5. The van der Waals surface area contributed by atoms with Crippen molar-refractivity contribution in [3.05, 3.63) is 30.7 Å². The average molecular weight is 533 g/mol. The van der Waals surface area contributed by atoms with Crippen LogP contribution in [0.4, 0.5) is 14.5 Å². The monoisotopic (exact) mass is 532 g/mol. The normalized spacial score (nSPS) is 12.8. The van der Waals surface area contributed by atoms with E-state index in [9.17, 15) is 25.6 Å². The van der Waals surface area contributed by atoms with Crippen LogP contribution in [0.5, 0.6) is 11.6 Å². The molecule has 0 aliphatic heterocycles. The number of anilines is 1. The molecule has 0 fully saturated rings. The molecule has 3 rings (SSSR count). The van der Waals surface area contributed by atoms with Crippen LogP contribution in [0.25, 0.3) is 16.9 Å². The molecule has 0 spiro atoms. The Morgan fingerprint density at radius 1 is 1.11 bits per heavy atom. The van der Waals surface area contributed by atoms with E-state index in [1.807, 2.05) is 0 Å². The summed E-state index contributed by atoms with van der Waals surface area (Å²) in [6, 6.07) is 2.72. The summed E-state index contributed by atoms with van der Waals surface area (Å²) in [6.07, 6.45) is 4.26. The molecule has 0 amide bonds. The summed E-state index contributed by atoms with van der Waals surface area (Å²) in [5, 5.41) is 0. The summed E-state index contributed by atoms with van der Waals surface area (Å²) >= 11 is 0. The third kappa shape index (κ3) is 5.48. The van der Waals surface area contributed by atoms with Crippen molar-refractivity contribution in [3.8, 4) is 22.9 Å². The van der Waals surface area contributed by atoms with Gasteiger partial charge in [-0.3, -0.25) is 9.12 Å². The van der Waals surface area contributed by atoms with E-state index in [1.165, 1.54) is 42.2 Å². The van der Waals surface area contributed by atoms with Crippen molar-refractivity contribution in [1.82, 2.24) is 14.4 Å². The van der Waals surface area contributed by atoms with E-state index in [4.69, 9.17) is 4.74 Å². The van der Waals surface area contributed by atoms with Gasteiger partial charge in [0.25, 0.3) is 0 Å². The minimum Gasteiger partial charge on any atom is -0.495 e. The van der Waals surface area contributed by atoms with Gasteiger partial charge in [-0.2, -0.15) is 8.78 Å². The van der Waals surface area contributed by atoms with Gasteiger partial charge in [0.05, 0.1) is 29.5 Å². The Kier molecular flexibility index (Phi) is 7.27. The van der Waals surface area contributed by atoms with Crippen molar-refractivity contribution in [3.63, 3.8) is 0 Å². The largest absolute Gasteiger partial charge is 0.495 e. The number of imidazole rings is 1. The molecule has 0 bridgehead atoms. The van der Waals surface area contributed by atoms with Gasteiger partial charge in [0.2, 0.25) is 15.9 Å². The zero-order chi connectivity index (χ0) is 26.2. The van der Waals surface area contributed by atoms with Crippen LogP contribution in [0.3, 0.4) is 0 Å². The number of ether oxygens (including phenoxy) is 2. The summed E-state index contributed by atoms with van der Waals surface area (Å²) in [7, 11) is -6.34. The fraction of sp³-hybridized carbons (Fsp3) is 0.429. The molecular weight excluding hydrogens is 506 g/mol. The maximum atomic E-state index is 13.2. The van der Waals surface area contributed by atoms with E-state index in [0.29, 0.717) is 17.8 Å². The Labute approximate surface area is 202 Å². The van der Waals surface area contributed by atoms with Crippen LogP contribution in [0.15, 0.2) is 35.6 Å². The molecule has 0 aliphatic carbocycles. The van der Waals surface area contributed by atoms with Gasteiger partial charge in [0.1, 0.15) is 22.0 Å². The van der Waals surface area contributed by atoms with Crippen molar-refractivity contribution in [2.45, 2.75) is 50.4 Å². The summed E-state index contributed by atoms with van der Waals surface area (Å²) < 4.78 is 88.9. The predicted octanol–water partition coefficient (Wildman–Crippen LogP) is 3.73. The Morgan fingerprint density at radius 3 is 2.37 bits per heavy atom. The van der Waals surface area contributed by atoms with Gasteiger partial charge in [0.15, 0.2) is 9.84 Å². The van der Waals surface area contributed by atoms with Gasteiger partial charge < -0.3 is 9.47 Å². The predicted molar refractivity (Wildman–Crippen MR) is 126 cm³/mol. The molecule has 0 saturated heterocycles. The number of nitrogens with zero attached hydrogens (tertiary/aromatic N) is 3. The maximum absolute atomic E-state index is 13.2. The molecule has 1 N–H and O–H groups in total. The van der Waals surface area contributed by atoms with E-state index in [0.717, 1.165) is 0 Å². The van der Waals surface area contributed by atoms with Crippen molar-refractivity contribution >= 4 is 31.2 Å². The van der Waals surface area contributed by atoms with Crippen molar-refractivity contribution in [1.29, 1.82) is 0 Å². The highest BCUT2D eigenvalue weighted by molar-refractivity contribution is 7.93. The minimum absolute atomic E-state index is 0.0752. The van der Waals surface area contributed by atoms with E-state index in [-0.39, 0.29) is 27.6 Å². The fourth-order valence-electron chi connectivity index (χ4n) is 3.22. The lowest BCUT2D eigenvalue weighted by Gasteiger charge is -2.21. The van der Waals surface area contributed by atoms with E-state index >= 15 is 0 Å². The molecule has 0 saturated carbocycles. The number of sulfone groups is 1. The molecule has 0 aliphatic rings. The van der Waals surface area contributed by atoms with E-state index in [1.54, 1.807) is 27.7 Å². The van der Waals surface area contributed by atoms with Crippen LogP contribution in [0.1, 0.15) is 34.1 Å². The SMILES string of the molecule is CCCS(=O)(=O)Nc1cc(-c2cnc3cc(OC)c(S(=O)(=O)C(C)(C)C)cn23)cnc1OC(F)F. The van der Waals surface area contributed by atoms with Crippen LogP contribution in [-0.2, 0) is 19.9 Å². The number of methoxy groups -OCH3 is 1. The number of alkyl halides is 2. The Morgan fingerprint density at radius 2 is 1.80 bits per heavy atom. The van der Waals surface area contributed by atoms with Gasteiger partial charge in [-0.1, -0.05) is 6.92 Å². The molecule has 0 radical (unpaired) electrons. The topological polar surface area (TPSA) is 129 Å². The van der Waals surface area contributed by atoms with E-state index in [2.05, 4.69) is 19.4 Å². The number of pyridine rings is 2. The highest BCUT2D eigenvalue weighted by Gasteiger charge is 2.34. The Hall–Kier alpha value is -3.00. The molecular formula is C21H26F2N4O6S2. The Bertz CT molecular complexity index is 1450. The van der Waals surface area contributed by atoms with Crippen LogP contribution >= 0.6 is 0 Å². The van der Waals surface area contributed by atoms with Gasteiger partial charge >= 0.3 is 6.61 Å². The molecule has 3 heterocycles. The third-order valence-electron chi connectivity index (χ3n) is 4.98. The minimum atomic E-state index is -3.86. The van der Waals surface area contributed by atoms with Gasteiger partial charge in [0, 0.05) is 24.0 Å². The van der Waals surface area contributed by atoms with E-state index < -0.39 is 37.1 Å². The number of aromatic nitrogens is 3. The molecule has 0 aromatic carbocycles. The van der Waals surface area contributed by atoms with Crippen LogP contribution in [0.2, 0.25) is 0 Å². The van der Waals surface area contributed by atoms with Crippen LogP contribution in [-0.4, -0.2) is 55.4 Å². The molecule has 0 atom stereocenters. The van der Waals surface area contributed by atoms with Gasteiger partial charge in [-0.25, -0.2) is 26.8 Å². The lowest BCUT2D eigenvalue weighted by Crippen LogP contribution is -2.28. The highest BCUT2D eigenvalue weighted by Crippen LogP contribution is 2.35. The summed E-state index contributed by atoms with van der Waals surface area (Å²) in [6.45, 7) is 3.10. The molecule has 35 heavy (non-hydrogen) atoms. The number of halogens is 2. The van der Waals surface area contributed by atoms with Crippen LogP contribution < -0.4 is 14.2 Å². The van der Waals surface area contributed by atoms with Gasteiger partial charge in [-0.15, -0.1) is 0 Å². The second-order valence-corrected chi connectivity index (χ2v) is 13.1. The lowest BCUT2D eigenvalue weighted by atomic mass is 10.2. The third-order valence-corrected chi connectivity index (χ3v) is 8.95. The lowest BCUT2D eigenvalue weighted by molar-refractivity contribution is -0.0522. The molecule has 10 nitrogen and oxygen atoms in total. The second-order valence-electron chi connectivity index (χ2n) is 8.57. The number of fused-ring (bicyclic) bond motifs is 1. The molecule has 3 aromatic heterocycles. The quantitative estimate of drug-likeness (QED) is 0.441. The second kappa shape index (κ2) is 9.57. The fourth-order valence-corrected chi connectivity index (χ4v) is 5.65. The first-order chi connectivity index (χ1) is 16.2. The zero-order valence-corrected chi connectivity index (χ0v) is 21.4. The maximum Gasteiger partial charge on any atom is 0.388 e. The van der Waals surface area contributed by atoms with Crippen LogP contribution in [0, 0.1) is 0 Å². The number of hydrogen-bond donors (Lipinski definition) is 1. The first-order valence-corrected chi connectivity index (χ1v) is 13.6. The van der Waals surface area contributed by atoms with Crippen molar-refractivity contribution in [2.24, 2.45) is 0 Å². The summed E-state index contributed by atoms with van der Waals surface area (Å²) in [4.78, 5) is 8.05. The molecule has 14 heteroatoms. The molecule has 3 aromatic rings. The zero-order valence-electron chi connectivity index (χ0n) is 19.7. The first kappa shape index (κ1) is 26.6. The standard InChI is InChI=1S/C21H26F2N4O6S2/c1-6-7-34(28,29)26-14-8-13(10-25-19(14)33-20(22)23)15-11-24-18-9-16(32-5)17(12-27(15)18)35(30,31)21(2,3)4/h8-12,20,26H,6-7H2,1-5H3. The average Bonchev–Trinajstić information content (AvgIpc) is 3.15. The smallest absolute Gasteiger partial charge is 0.388 e. The highest BCUT2D eigenvalue weighted by atomic mass is 32.2. The number of hydrogen-bond acceptors (Lipinski definition) is 8. The molecule has 192 valence electrons.